The van der Waals surface area contributed by atoms with Crippen molar-refractivity contribution >= 4 is 0 Å². The van der Waals surface area contributed by atoms with E-state index in [9.17, 15) is 0 Å². The summed E-state index contributed by atoms with van der Waals surface area (Å²) in [4.78, 5) is 1.74. The second-order valence-electron chi connectivity index (χ2n) is 5.09. The van der Waals surface area contributed by atoms with E-state index in [4.69, 9.17) is 0 Å². The number of benzene rings is 1. The van der Waals surface area contributed by atoms with Gasteiger partial charge in [0.2, 0.25) is 0 Å². The van der Waals surface area contributed by atoms with Gasteiger partial charge in [0.05, 0.1) is 0 Å². The van der Waals surface area contributed by atoms with Crippen molar-refractivity contribution in [1.82, 2.24) is 0 Å². The highest BCUT2D eigenvalue weighted by molar-refractivity contribution is 5.30. The third kappa shape index (κ3) is 2.45. The van der Waals surface area contributed by atoms with E-state index in [-0.39, 0.29) is 0 Å². The van der Waals surface area contributed by atoms with Crippen molar-refractivity contribution in [2.75, 3.05) is 26.2 Å². The van der Waals surface area contributed by atoms with Crippen LogP contribution < -0.4 is 10.2 Å². The Balaban J connectivity index is 2.12. The molecule has 1 aromatic rings. The first kappa shape index (κ1) is 11.6. The van der Waals surface area contributed by atoms with Gasteiger partial charge in [-0.15, -0.1) is 0 Å². The summed E-state index contributed by atoms with van der Waals surface area (Å²) in [6.45, 7) is 11.9. The SMILES string of the molecule is Cc1ccc([C@H](C)[NH+]2CC[NH2+]CC2)cc1C. The van der Waals surface area contributed by atoms with E-state index in [2.05, 4.69) is 44.3 Å². The Hall–Kier alpha value is -0.860. The summed E-state index contributed by atoms with van der Waals surface area (Å²) in [6.07, 6.45) is 0. The lowest BCUT2D eigenvalue weighted by Crippen LogP contribution is -3.20. The third-order valence-corrected chi connectivity index (χ3v) is 3.98. The zero-order valence-electron chi connectivity index (χ0n) is 10.7. The highest BCUT2D eigenvalue weighted by Crippen LogP contribution is 2.14. The van der Waals surface area contributed by atoms with Gasteiger partial charge in [0.15, 0.2) is 0 Å². The van der Waals surface area contributed by atoms with Crippen molar-refractivity contribution in [2.24, 2.45) is 0 Å². The number of hydrogen-bond acceptors (Lipinski definition) is 0. The first-order valence-corrected chi connectivity index (χ1v) is 6.42. The second-order valence-corrected chi connectivity index (χ2v) is 5.09. The van der Waals surface area contributed by atoms with Gasteiger partial charge < -0.3 is 10.2 Å². The van der Waals surface area contributed by atoms with E-state index < -0.39 is 0 Å². The van der Waals surface area contributed by atoms with E-state index in [0.717, 1.165) is 0 Å². The molecule has 0 aromatic heterocycles. The number of quaternary nitrogens is 2. The molecule has 2 nitrogen and oxygen atoms in total. The molecule has 88 valence electrons. The monoisotopic (exact) mass is 220 g/mol. The van der Waals surface area contributed by atoms with Crippen LogP contribution in [0.2, 0.25) is 0 Å². The van der Waals surface area contributed by atoms with Gasteiger partial charge in [-0.05, 0) is 38.0 Å². The molecular weight excluding hydrogens is 196 g/mol. The normalized spacial score (nSPS) is 19.7. The molecule has 0 spiro atoms. The quantitative estimate of drug-likeness (QED) is 0.690. The van der Waals surface area contributed by atoms with Crippen LogP contribution in [0.3, 0.4) is 0 Å². The molecule has 2 heteroatoms. The molecule has 1 atom stereocenters. The van der Waals surface area contributed by atoms with Crippen LogP contribution >= 0.6 is 0 Å². The van der Waals surface area contributed by atoms with Gasteiger partial charge in [-0.1, -0.05) is 12.1 Å². The lowest BCUT2D eigenvalue weighted by Gasteiger charge is -2.28. The highest BCUT2D eigenvalue weighted by atomic mass is 15.2. The number of hydrogen-bond donors (Lipinski definition) is 2. The summed E-state index contributed by atoms with van der Waals surface area (Å²) in [7, 11) is 0. The Kier molecular flexibility index (Phi) is 3.62. The lowest BCUT2D eigenvalue weighted by molar-refractivity contribution is -0.970. The predicted octanol–water partition coefficient (Wildman–Crippen LogP) is -0.174. The van der Waals surface area contributed by atoms with Crippen molar-refractivity contribution in [1.29, 1.82) is 0 Å². The number of rotatable bonds is 2. The first-order valence-electron chi connectivity index (χ1n) is 6.42. The summed E-state index contributed by atoms with van der Waals surface area (Å²) in [5.74, 6) is 0. The van der Waals surface area contributed by atoms with E-state index in [1.807, 2.05) is 0 Å². The Morgan fingerprint density at radius 1 is 1.12 bits per heavy atom. The predicted molar refractivity (Wildman–Crippen MR) is 66.7 cm³/mol. The van der Waals surface area contributed by atoms with Crippen molar-refractivity contribution in [3.63, 3.8) is 0 Å². The molecule has 1 aromatic carbocycles. The molecule has 3 N–H and O–H groups in total. The average molecular weight is 220 g/mol. The zero-order chi connectivity index (χ0) is 11.5. The fourth-order valence-electron chi connectivity index (χ4n) is 2.55. The van der Waals surface area contributed by atoms with Crippen molar-refractivity contribution < 1.29 is 10.2 Å². The molecule has 0 unspecified atom stereocenters. The maximum absolute atomic E-state index is 2.43. The average Bonchev–Trinajstić information content (AvgIpc) is 2.33. The topological polar surface area (TPSA) is 21.1 Å². The van der Waals surface area contributed by atoms with Crippen LogP contribution in [0.1, 0.15) is 29.7 Å². The largest absolute Gasteiger partial charge is 0.337 e. The van der Waals surface area contributed by atoms with Gasteiger partial charge in [0, 0.05) is 5.56 Å². The summed E-state index contributed by atoms with van der Waals surface area (Å²) < 4.78 is 0. The van der Waals surface area contributed by atoms with Gasteiger partial charge in [-0.2, -0.15) is 0 Å². The standard InChI is InChI=1S/C14H22N2/c1-11-4-5-14(10-12(11)2)13(3)16-8-6-15-7-9-16/h4-5,10,13,15H,6-9H2,1-3H3/p+2/t13-/m0/s1. The lowest BCUT2D eigenvalue weighted by atomic mass is 10.0. The molecule has 1 aliphatic rings. The van der Waals surface area contributed by atoms with E-state index in [0.29, 0.717) is 6.04 Å². The molecule has 0 aliphatic carbocycles. The first-order chi connectivity index (χ1) is 7.68. The number of piperazine rings is 1. The molecule has 16 heavy (non-hydrogen) atoms. The molecular formula is C14H24N2+2. The Bertz CT molecular complexity index is 354. The van der Waals surface area contributed by atoms with Crippen LogP contribution in [-0.4, -0.2) is 26.2 Å². The van der Waals surface area contributed by atoms with Gasteiger partial charge in [0.25, 0.3) is 0 Å². The summed E-state index contributed by atoms with van der Waals surface area (Å²) in [5.41, 5.74) is 4.32. The van der Waals surface area contributed by atoms with E-state index in [1.165, 1.54) is 42.9 Å². The molecule has 1 aliphatic heterocycles. The van der Waals surface area contributed by atoms with E-state index in [1.54, 1.807) is 4.90 Å². The molecule has 1 fully saturated rings. The highest BCUT2D eigenvalue weighted by Gasteiger charge is 2.23. The van der Waals surface area contributed by atoms with Crippen LogP contribution in [0.4, 0.5) is 0 Å². The Labute approximate surface area is 98.7 Å². The van der Waals surface area contributed by atoms with Crippen molar-refractivity contribution in [3.05, 3.63) is 34.9 Å². The van der Waals surface area contributed by atoms with Crippen LogP contribution in [0.5, 0.6) is 0 Å². The molecule has 0 amide bonds. The van der Waals surface area contributed by atoms with Crippen LogP contribution in [0.15, 0.2) is 18.2 Å². The van der Waals surface area contributed by atoms with Crippen LogP contribution in [0, 0.1) is 13.8 Å². The molecule has 2 rings (SSSR count). The van der Waals surface area contributed by atoms with Crippen molar-refractivity contribution in [3.8, 4) is 0 Å². The second kappa shape index (κ2) is 4.98. The Morgan fingerprint density at radius 2 is 1.81 bits per heavy atom. The minimum atomic E-state index is 0.646. The molecule has 0 bridgehead atoms. The fourth-order valence-corrected chi connectivity index (χ4v) is 2.55. The third-order valence-electron chi connectivity index (χ3n) is 3.98. The smallest absolute Gasteiger partial charge is 0.127 e. The summed E-state index contributed by atoms with van der Waals surface area (Å²) in [6, 6.07) is 7.58. The van der Waals surface area contributed by atoms with Crippen LogP contribution in [-0.2, 0) is 0 Å². The fraction of sp³-hybridized carbons (Fsp3) is 0.571. The number of nitrogens with two attached hydrogens (primary N) is 1. The van der Waals surface area contributed by atoms with Gasteiger partial charge in [0.1, 0.15) is 32.2 Å². The minimum Gasteiger partial charge on any atom is -0.337 e. The molecule has 1 heterocycles. The minimum absolute atomic E-state index is 0.646. The number of aryl methyl sites for hydroxylation is 2. The summed E-state index contributed by atoms with van der Waals surface area (Å²) in [5, 5.41) is 2.43. The zero-order valence-corrected chi connectivity index (χ0v) is 10.7. The molecule has 0 saturated carbocycles. The number of nitrogens with one attached hydrogen (secondary N) is 1. The van der Waals surface area contributed by atoms with Crippen molar-refractivity contribution in [2.45, 2.75) is 26.8 Å². The van der Waals surface area contributed by atoms with Crippen LogP contribution in [0.25, 0.3) is 0 Å². The maximum atomic E-state index is 2.43. The maximum Gasteiger partial charge on any atom is 0.127 e. The van der Waals surface area contributed by atoms with Gasteiger partial charge in [-0.3, -0.25) is 0 Å². The van der Waals surface area contributed by atoms with E-state index >= 15 is 0 Å². The van der Waals surface area contributed by atoms with Gasteiger partial charge in [-0.25, -0.2) is 0 Å². The Morgan fingerprint density at radius 3 is 2.44 bits per heavy atom. The molecule has 0 radical (unpaired) electrons. The summed E-state index contributed by atoms with van der Waals surface area (Å²) >= 11 is 0. The van der Waals surface area contributed by atoms with Gasteiger partial charge >= 0.3 is 0 Å². The molecule has 1 saturated heterocycles.